The lowest BCUT2D eigenvalue weighted by molar-refractivity contribution is 0.364. The SMILES string of the molecule is CN(Cc1cccnc1)SON. The summed E-state index contributed by atoms with van der Waals surface area (Å²) in [6.07, 6.45) is 3.56. The summed E-state index contributed by atoms with van der Waals surface area (Å²) in [4.78, 5) is 3.99. The molecule has 2 N–H and O–H groups in total. The quantitative estimate of drug-likeness (QED) is 0.430. The number of pyridine rings is 1. The van der Waals surface area contributed by atoms with Crippen molar-refractivity contribution in [2.24, 2.45) is 5.90 Å². The van der Waals surface area contributed by atoms with Gasteiger partial charge in [0.2, 0.25) is 0 Å². The Bertz CT molecular complexity index is 219. The molecular weight excluding hydrogens is 174 g/mol. The van der Waals surface area contributed by atoms with Gasteiger partial charge in [0.1, 0.15) is 12.2 Å². The zero-order valence-corrected chi connectivity index (χ0v) is 7.62. The zero-order valence-electron chi connectivity index (χ0n) is 6.80. The topological polar surface area (TPSA) is 51.4 Å². The van der Waals surface area contributed by atoms with Crippen LogP contribution in [0, 0.1) is 0 Å². The minimum absolute atomic E-state index is 0.760. The first kappa shape index (κ1) is 9.47. The van der Waals surface area contributed by atoms with Crippen LogP contribution in [0.3, 0.4) is 0 Å². The highest BCUT2D eigenvalue weighted by Crippen LogP contribution is 2.09. The third-order valence-corrected chi connectivity index (χ3v) is 1.77. The van der Waals surface area contributed by atoms with E-state index in [1.165, 1.54) is 0 Å². The molecule has 0 amide bonds. The number of nitrogens with zero attached hydrogens (tertiary/aromatic N) is 2. The molecule has 5 heteroatoms. The molecule has 0 aliphatic heterocycles. The van der Waals surface area contributed by atoms with E-state index >= 15 is 0 Å². The van der Waals surface area contributed by atoms with Gasteiger partial charge in [-0.2, -0.15) is 0 Å². The molecule has 0 radical (unpaired) electrons. The van der Waals surface area contributed by atoms with E-state index in [1.807, 2.05) is 29.7 Å². The van der Waals surface area contributed by atoms with Crippen LogP contribution in [0.2, 0.25) is 0 Å². The van der Waals surface area contributed by atoms with E-state index in [1.54, 1.807) is 6.20 Å². The Labute approximate surface area is 76.0 Å². The fourth-order valence-electron chi connectivity index (χ4n) is 0.849. The first-order chi connectivity index (χ1) is 5.83. The highest BCUT2D eigenvalue weighted by Gasteiger charge is 1.99. The summed E-state index contributed by atoms with van der Waals surface area (Å²) in [5.41, 5.74) is 1.13. The van der Waals surface area contributed by atoms with E-state index in [4.69, 9.17) is 5.90 Å². The van der Waals surface area contributed by atoms with Gasteiger partial charge in [-0.05, 0) is 11.6 Å². The molecule has 1 heterocycles. The molecule has 0 aliphatic rings. The van der Waals surface area contributed by atoms with Gasteiger partial charge in [0.05, 0.1) is 0 Å². The Morgan fingerprint density at radius 2 is 2.58 bits per heavy atom. The summed E-state index contributed by atoms with van der Waals surface area (Å²) >= 11 is 1.11. The monoisotopic (exact) mass is 185 g/mol. The standard InChI is InChI=1S/C7H11N3OS/c1-10(12-11-8)6-7-3-2-4-9-5-7/h2-5H,6,8H2,1H3. The van der Waals surface area contributed by atoms with Crippen LogP contribution in [-0.2, 0) is 10.8 Å². The first-order valence-corrected chi connectivity index (χ1v) is 4.16. The van der Waals surface area contributed by atoms with Gasteiger partial charge < -0.3 is 0 Å². The maximum absolute atomic E-state index is 4.89. The van der Waals surface area contributed by atoms with E-state index in [2.05, 4.69) is 9.27 Å². The summed E-state index contributed by atoms with van der Waals surface area (Å²) < 4.78 is 6.27. The average molecular weight is 185 g/mol. The Kier molecular flexibility index (Phi) is 4.02. The van der Waals surface area contributed by atoms with Gasteiger partial charge >= 0.3 is 0 Å². The molecule has 0 bridgehead atoms. The van der Waals surface area contributed by atoms with E-state index in [0.717, 1.165) is 24.3 Å². The Morgan fingerprint density at radius 3 is 3.17 bits per heavy atom. The van der Waals surface area contributed by atoms with Crippen molar-refractivity contribution in [2.45, 2.75) is 6.54 Å². The summed E-state index contributed by atoms with van der Waals surface area (Å²) in [5, 5.41) is 0. The fraction of sp³-hybridized carbons (Fsp3) is 0.286. The second-order valence-electron chi connectivity index (χ2n) is 2.32. The van der Waals surface area contributed by atoms with Crippen LogP contribution in [0.4, 0.5) is 0 Å². The second kappa shape index (κ2) is 5.10. The fourth-order valence-corrected chi connectivity index (χ4v) is 1.20. The molecule has 0 fully saturated rings. The van der Waals surface area contributed by atoms with Crippen molar-refractivity contribution in [1.82, 2.24) is 9.29 Å². The summed E-state index contributed by atoms with van der Waals surface area (Å²) in [6, 6.07) is 3.90. The normalized spacial score (nSPS) is 10.6. The van der Waals surface area contributed by atoms with Gasteiger partial charge in [-0.3, -0.25) is 4.98 Å². The van der Waals surface area contributed by atoms with Crippen LogP contribution in [0.25, 0.3) is 0 Å². The van der Waals surface area contributed by atoms with Crippen molar-refractivity contribution < 1.29 is 4.28 Å². The van der Waals surface area contributed by atoms with Gasteiger partial charge in [-0.15, -0.1) is 0 Å². The van der Waals surface area contributed by atoms with E-state index in [-0.39, 0.29) is 0 Å². The molecule has 0 saturated heterocycles. The molecule has 66 valence electrons. The largest absolute Gasteiger partial charge is 0.264 e. The highest BCUT2D eigenvalue weighted by molar-refractivity contribution is 7.92. The molecular formula is C7H11N3OS. The van der Waals surface area contributed by atoms with Crippen LogP contribution in [-0.4, -0.2) is 16.3 Å². The van der Waals surface area contributed by atoms with E-state index < -0.39 is 0 Å². The Hall–Kier alpha value is -0.620. The molecule has 0 aliphatic carbocycles. The predicted octanol–water partition coefficient (Wildman–Crippen LogP) is 0.967. The third-order valence-electron chi connectivity index (χ3n) is 1.30. The zero-order chi connectivity index (χ0) is 8.81. The number of aromatic nitrogens is 1. The molecule has 1 aromatic rings. The maximum atomic E-state index is 4.89. The number of hydrogen-bond acceptors (Lipinski definition) is 5. The average Bonchev–Trinajstić information content (AvgIpc) is 2.06. The minimum Gasteiger partial charge on any atom is -0.264 e. The number of hydrogen-bond donors (Lipinski definition) is 1. The van der Waals surface area contributed by atoms with Crippen LogP contribution in [0.1, 0.15) is 5.56 Å². The highest BCUT2D eigenvalue weighted by atomic mass is 32.2. The lowest BCUT2D eigenvalue weighted by atomic mass is 10.3. The maximum Gasteiger partial charge on any atom is 0.104 e. The molecule has 0 aromatic carbocycles. The van der Waals surface area contributed by atoms with Gasteiger partial charge in [0.15, 0.2) is 0 Å². The third kappa shape index (κ3) is 3.19. The van der Waals surface area contributed by atoms with Gasteiger partial charge in [0, 0.05) is 26.0 Å². The Morgan fingerprint density at radius 1 is 1.75 bits per heavy atom. The molecule has 12 heavy (non-hydrogen) atoms. The van der Waals surface area contributed by atoms with Crippen molar-refractivity contribution in [2.75, 3.05) is 7.05 Å². The summed E-state index contributed by atoms with van der Waals surface area (Å²) in [5.74, 6) is 4.89. The van der Waals surface area contributed by atoms with E-state index in [9.17, 15) is 0 Å². The second-order valence-corrected chi connectivity index (χ2v) is 3.28. The summed E-state index contributed by atoms with van der Waals surface area (Å²) in [6.45, 7) is 0.760. The lowest BCUT2D eigenvalue weighted by Crippen LogP contribution is -2.10. The van der Waals surface area contributed by atoms with Crippen molar-refractivity contribution in [3.05, 3.63) is 30.1 Å². The molecule has 1 rings (SSSR count). The number of rotatable bonds is 4. The van der Waals surface area contributed by atoms with Crippen LogP contribution >= 0.6 is 12.2 Å². The van der Waals surface area contributed by atoms with Crippen molar-refractivity contribution in [1.29, 1.82) is 0 Å². The van der Waals surface area contributed by atoms with Crippen LogP contribution < -0.4 is 5.90 Å². The molecule has 0 atom stereocenters. The van der Waals surface area contributed by atoms with Crippen molar-refractivity contribution in [3.63, 3.8) is 0 Å². The lowest BCUT2D eigenvalue weighted by Gasteiger charge is -2.11. The van der Waals surface area contributed by atoms with E-state index in [0.29, 0.717) is 0 Å². The smallest absolute Gasteiger partial charge is 0.104 e. The predicted molar refractivity (Wildman–Crippen MR) is 48.6 cm³/mol. The molecule has 4 nitrogen and oxygen atoms in total. The minimum atomic E-state index is 0.760. The van der Waals surface area contributed by atoms with Crippen LogP contribution in [0.15, 0.2) is 24.5 Å². The van der Waals surface area contributed by atoms with Gasteiger partial charge in [0.25, 0.3) is 0 Å². The van der Waals surface area contributed by atoms with Gasteiger partial charge in [-0.1, -0.05) is 6.07 Å². The van der Waals surface area contributed by atoms with Crippen molar-refractivity contribution in [3.8, 4) is 0 Å². The molecule has 0 saturated carbocycles. The summed E-state index contributed by atoms with van der Waals surface area (Å²) in [7, 11) is 1.89. The molecule has 0 unspecified atom stereocenters. The van der Waals surface area contributed by atoms with Gasteiger partial charge in [-0.25, -0.2) is 14.5 Å². The molecule has 0 spiro atoms. The van der Waals surface area contributed by atoms with Crippen LogP contribution in [0.5, 0.6) is 0 Å². The van der Waals surface area contributed by atoms with Crippen molar-refractivity contribution >= 4 is 12.2 Å². The molecule has 1 aromatic heterocycles. The first-order valence-electron chi connectivity index (χ1n) is 3.46. The number of nitrogens with two attached hydrogens (primary N) is 1. The Balaban J connectivity index is 2.41.